The summed E-state index contributed by atoms with van der Waals surface area (Å²) in [5.74, 6) is 1.46. The third-order valence-electron chi connectivity index (χ3n) is 4.06. The zero-order chi connectivity index (χ0) is 14.5. The minimum atomic E-state index is 0.124. The molecule has 4 atom stereocenters. The summed E-state index contributed by atoms with van der Waals surface area (Å²) < 4.78 is 6.08. The van der Waals surface area contributed by atoms with Crippen molar-refractivity contribution in [1.82, 2.24) is 16.2 Å². The van der Waals surface area contributed by atoms with Gasteiger partial charge in [0.15, 0.2) is 0 Å². The van der Waals surface area contributed by atoms with Crippen LogP contribution in [0.5, 0.6) is 5.75 Å². The molecule has 4 nitrogen and oxygen atoms in total. The lowest BCUT2D eigenvalue weighted by Gasteiger charge is -2.27. The van der Waals surface area contributed by atoms with Crippen molar-refractivity contribution in [3.8, 4) is 5.75 Å². The fourth-order valence-electron chi connectivity index (χ4n) is 2.74. The van der Waals surface area contributed by atoms with Gasteiger partial charge in [-0.25, -0.2) is 0 Å². The molecule has 0 bridgehead atoms. The van der Waals surface area contributed by atoms with Crippen LogP contribution in [0.1, 0.15) is 26.3 Å². The first-order chi connectivity index (χ1) is 9.61. The number of hydrogen-bond acceptors (Lipinski definition) is 4. The Kier molecular flexibility index (Phi) is 5.40. The minimum Gasteiger partial charge on any atom is -0.489 e. The van der Waals surface area contributed by atoms with Crippen molar-refractivity contribution in [1.29, 1.82) is 0 Å². The Bertz CT molecular complexity index is 407. The summed E-state index contributed by atoms with van der Waals surface area (Å²) in [6.45, 7) is 10.6. The second-order valence-electron chi connectivity index (χ2n) is 5.71. The normalized spacial score (nSPS) is 27.5. The zero-order valence-corrected chi connectivity index (χ0v) is 12.9. The fourth-order valence-corrected chi connectivity index (χ4v) is 2.74. The van der Waals surface area contributed by atoms with Gasteiger partial charge in [0.2, 0.25) is 0 Å². The van der Waals surface area contributed by atoms with Crippen molar-refractivity contribution in [2.24, 2.45) is 5.92 Å². The number of rotatable bonds is 6. The Labute approximate surface area is 122 Å². The van der Waals surface area contributed by atoms with Gasteiger partial charge in [0, 0.05) is 18.5 Å². The van der Waals surface area contributed by atoms with Gasteiger partial charge < -0.3 is 10.1 Å². The standard InChI is InChI=1S/C16H27N3O/c1-5-17-10-15-12(3)18-19-16(15)13(4)20-14-8-6-11(2)7-9-14/h6-9,12-13,15-19H,5,10H2,1-4H3. The van der Waals surface area contributed by atoms with Gasteiger partial charge in [0.25, 0.3) is 0 Å². The molecule has 1 aliphatic rings. The van der Waals surface area contributed by atoms with Gasteiger partial charge in [-0.05, 0) is 39.4 Å². The first-order valence-corrected chi connectivity index (χ1v) is 7.57. The zero-order valence-electron chi connectivity index (χ0n) is 12.9. The number of hydrogen-bond donors (Lipinski definition) is 3. The van der Waals surface area contributed by atoms with Gasteiger partial charge in [-0.1, -0.05) is 24.6 Å². The molecule has 4 heteroatoms. The third-order valence-corrected chi connectivity index (χ3v) is 4.06. The molecular weight excluding hydrogens is 250 g/mol. The van der Waals surface area contributed by atoms with Crippen molar-refractivity contribution in [3.05, 3.63) is 29.8 Å². The number of aryl methyl sites for hydroxylation is 1. The maximum Gasteiger partial charge on any atom is 0.119 e. The Balaban J connectivity index is 1.96. The highest BCUT2D eigenvalue weighted by Gasteiger charge is 2.36. The van der Waals surface area contributed by atoms with Crippen LogP contribution < -0.4 is 20.9 Å². The highest BCUT2D eigenvalue weighted by Crippen LogP contribution is 2.21. The van der Waals surface area contributed by atoms with Crippen LogP contribution in [0.25, 0.3) is 0 Å². The van der Waals surface area contributed by atoms with E-state index in [9.17, 15) is 0 Å². The molecule has 1 aromatic carbocycles. The number of benzene rings is 1. The van der Waals surface area contributed by atoms with E-state index in [4.69, 9.17) is 4.74 Å². The van der Waals surface area contributed by atoms with Gasteiger partial charge in [-0.3, -0.25) is 10.9 Å². The summed E-state index contributed by atoms with van der Waals surface area (Å²) in [5, 5.41) is 3.44. The number of ether oxygens (including phenoxy) is 1. The lowest BCUT2D eigenvalue weighted by atomic mass is 9.92. The fraction of sp³-hybridized carbons (Fsp3) is 0.625. The molecule has 2 rings (SSSR count). The van der Waals surface area contributed by atoms with Gasteiger partial charge in [0.05, 0.1) is 6.04 Å². The van der Waals surface area contributed by atoms with Gasteiger partial charge >= 0.3 is 0 Å². The molecule has 112 valence electrons. The molecule has 0 aliphatic carbocycles. The predicted molar refractivity (Wildman–Crippen MR) is 82.8 cm³/mol. The van der Waals surface area contributed by atoms with Crippen LogP contribution in [0.3, 0.4) is 0 Å². The van der Waals surface area contributed by atoms with Crippen LogP contribution >= 0.6 is 0 Å². The van der Waals surface area contributed by atoms with Crippen LogP contribution in [-0.4, -0.2) is 31.3 Å². The van der Waals surface area contributed by atoms with Crippen LogP contribution in [0.4, 0.5) is 0 Å². The number of nitrogens with one attached hydrogen (secondary N) is 3. The Morgan fingerprint density at radius 3 is 2.60 bits per heavy atom. The van der Waals surface area contributed by atoms with E-state index in [-0.39, 0.29) is 6.10 Å². The van der Waals surface area contributed by atoms with E-state index in [1.54, 1.807) is 0 Å². The highest BCUT2D eigenvalue weighted by atomic mass is 16.5. The van der Waals surface area contributed by atoms with E-state index in [0.717, 1.165) is 18.8 Å². The van der Waals surface area contributed by atoms with Crippen LogP contribution in [0.2, 0.25) is 0 Å². The Hall–Kier alpha value is -1.10. The SMILES string of the molecule is CCNCC1C(C)NNC1C(C)Oc1ccc(C)cc1. The molecule has 0 radical (unpaired) electrons. The van der Waals surface area contributed by atoms with E-state index in [0.29, 0.717) is 18.0 Å². The highest BCUT2D eigenvalue weighted by molar-refractivity contribution is 5.26. The lowest BCUT2D eigenvalue weighted by molar-refractivity contribution is 0.153. The third kappa shape index (κ3) is 3.72. The van der Waals surface area contributed by atoms with E-state index in [2.05, 4.69) is 56.0 Å². The molecule has 0 aromatic heterocycles. The molecule has 1 aliphatic heterocycles. The van der Waals surface area contributed by atoms with Gasteiger partial charge in [-0.15, -0.1) is 0 Å². The van der Waals surface area contributed by atoms with Gasteiger partial charge in [0.1, 0.15) is 11.9 Å². The topological polar surface area (TPSA) is 45.3 Å². The summed E-state index contributed by atoms with van der Waals surface area (Å²) in [6, 6.07) is 9.00. The van der Waals surface area contributed by atoms with Crippen molar-refractivity contribution >= 4 is 0 Å². The molecule has 1 heterocycles. The monoisotopic (exact) mass is 277 g/mol. The van der Waals surface area contributed by atoms with E-state index >= 15 is 0 Å². The summed E-state index contributed by atoms with van der Waals surface area (Å²) >= 11 is 0. The van der Waals surface area contributed by atoms with E-state index < -0.39 is 0 Å². The Morgan fingerprint density at radius 2 is 1.95 bits per heavy atom. The average Bonchev–Trinajstić information content (AvgIpc) is 2.80. The molecule has 20 heavy (non-hydrogen) atoms. The Morgan fingerprint density at radius 1 is 1.25 bits per heavy atom. The molecule has 1 fully saturated rings. The molecule has 0 saturated carbocycles. The van der Waals surface area contributed by atoms with Crippen molar-refractivity contribution in [2.75, 3.05) is 13.1 Å². The van der Waals surface area contributed by atoms with E-state index in [1.165, 1.54) is 5.56 Å². The molecule has 3 N–H and O–H groups in total. The molecule has 1 aromatic rings. The predicted octanol–water partition coefficient (Wildman–Crippen LogP) is 1.85. The maximum absolute atomic E-state index is 6.08. The quantitative estimate of drug-likeness (QED) is 0.742. The van der Waals surface area contributed by atoms with Gasteiger partial charge in [-0.2, -0.15) is 0 Å². The second-order valence-corrected chi connectivity index (χ2v) is 5.71. The molecule has 4 unspecified atom stereocenters. The van der Waals surface area contributed by atoms with Crippen molar-refractivity contribution in [2.45, 2.75) is 45.9 Å². The largest absolute Gasteiger partial charge is 0.489 e. The first-order valence-electron chi connectivity index (χ1n) is 7.57. The van der Waals surface area contributed by atoms with Crippen molar-refractivity contribution < 1.29 is 4.74 Å². The maximum atomic E-state index is 6.08. The second kappa shape index (κ2) is 7.07. The van der Waals surface area contributed by atoms with E-state index in [1.807, 2.05) is 12.1 Å². The number of hydrazine groups is 1. The molecular formula is C16H27N3O. The van der Waals surface area contributed by atoms with Crippen LogP contribution in [-0.2, 0) is 0 Å². The minimum absolute atomic E-state index is 0.124. The van der Waals surface area contributed by atoms with Crippen molar-refractivity contribution in [3.63, 3.8) is 0 Å². The summed E-state index contributed by atoms with van der Waals surface area (Å²) in [6.07, 6.45) is 0.124. The summed E-state index contributed by atoms with van der Waals surface area (Å²) in [7, 11) is 0. The average molecular weight is 277 g/mol. The first kappa shape index (κ1) is 15.3. The lowest BCUT2D eigenvalue weighted by Crippen LogP contribution is -2.45. The van der Waals surface area contributed by atoms with Crippen LogP contribution in [0.15, 0.2) is 24.3 Å². The molecule has 0 amide bonds. The van der Waals surface area contributed by atoms with Crippen LogP contribution in [0, 0.1) is 12.8 Å². The summed E-state index contributed by atoms with van der Waals surface area (Å²) in [4.78, 5) is 0. The summed E-state index contributed by atoms with van der Waals surface area (Å²) in [5.41, 5.74) is 7.97. The smallest absolute Gasteiger partial charge is 0.119 e. The molecule has 0 spiro atoms. The molecule has 1 saturated heterocycles.